The minimum atomic E-state index is 0.548. The van der Waals surface area contributed by atoms with Crippen LogP contribution in [0.2, 0.25) is 0 Å². The number of hydrogen-bond donors (Lipinski definition) is 1. The third-order valence-corrected chi connectivity index (χ3v) is 2.80. The lowest BCUT2D eigenvalue weighted by Gasteiger charge is -2.30. The molecule has 90 valence electrons. The second-order valence-corrected chi connectivity index (χ2v) is 4.44. The van der Waals surface area contributed by atoms with Crippen LogP contribution < -0.4 is 5.32 Å². The second-order valence-electron chi connectivity index (χ2n) is 4.44. The van der Waals surface area contributed by atoms with Gasteiger partial charge in [-0.15, -0.1) is 0 Å². The van der Waals surface area contributed by atoms with Crippen LogP contribution in [0.4, 0.5) is 0 Å². The van der Waals surface area contributed by atoms with E-state index in [-0.39, 0.29) is 0 Å². The molecule has 0 saturated carbocycles. The van der Waals surface area contributed by atoms with Gasteiger partial charge in [-0.2, -0.15) is 4.98 Å². The molecule has 1 aromatic rings. The summed E-state index contributed by atoms with van der Waals surface area (Å²) in [7, 11) is 0. The van der Waals surface area contributed by atoms with E-state index in [9.17, 15) is 0 Å². The van der Waals surface area contributed by atoms with Gasteiger partial charge >= 0.3 is 0 Å². The third-order valence-electron chi connectivity index (χ3n) is 2.80. The highest BCUT2D eigenvalue weighted by atomic mass is 16.5. The monoisotopic (exact) mass is 224 g/mol. The standard InChI is InChI=1S/C11H20N4O/c1-3-4-10-13-11(16-14-10)8-15-6-5-12-9(2)7-15/h9,12H,3-8H2,1-2H3/t9-/m1/s1. The third kappa shape index (κ3) is 3.02. The molecule has 2 heterocycles. The Morgan fingerprint density at radius 2 is 2.44 bits per heavy atom. The Morgan fingerprint density at radius 3 is 3.19 bits per heavy atom. The summed E-state index contributed by atoms with van der Waals surface area (Å²) in [5.41, 5.74) is 0. The summed E-state index contributed by atoms with van der Waals surface area (Å²) >= 11 is 0. The first-order valence-corrected chi connectivity index (χ1v) is 6.05. The predicted octanol–water partition coefficient (Wildman–Crippen LogP) is 0.816. The maximum Gasteiger partial charge on any atom is 0.240 e. The first kappa shape index (κ1) is 11.5. The average Bonchev–Trinajstić information content (AvgIpc) is 2.66. The van der Waals surface area contributed by atoms with Gasteiger partial charge in [0, 0.05) is 32.1 Å². The van der Waals surface area contributed by atoms with E-state index in [2.05, 4.69) is 34.2 Å². The SMILES string of the molecule is CCCc1noc(CN2CCN[C@H](C)C2)n1. The molecule has 1 fully saturated rings. The molecule has 5 nitrogen and oxygen atoms in total. The molecule has 0 spiro atoms. The Balaban J connectivity index is 1.87. The lowest BCUT2D eigenvalue weighted by Crippen LogP contribution is -2.48. The van der Waals surface area contributed by atoms with Crippen LogP contribution in [-0.2, 0) is 13.0 Å². The molecule has 0 aliphatic carbocycles. The van der Waals surface area contributed by atoms with Gasteiger partial charge in [-0.1, -0.05) is 12.1 Å². The number of piperazine rings is 1. The molecule has 2 rings (SSSR count). The Kier molecular flexibility index (Phi) is 3.90. The van der Waals surface area contributed by atoms with Crippen molar-refractivity contribution in [3.8, 4) is 0 Å². The van der Waals surface area contributed by atoms with E-state index in [1.54, 1.807) is 0 Å². The topological polar surface area (TPSA) is 54.2 Å². The van der Waals surface area contributed by atoms with Crippen LogP contribution in [-0.4, -0.2) is 40.7 Å². The Hall–Kier alpha value is -0.940. The molecule has 0 radical (unpaired) electrons. The molecule has 1 aliphatic rings. The maximum atomic E-state index is 5.23. The summed E-state index contributed by atoms with van der Waals surface area (Å²) in [5.74, 6) is 1.58. The van der Waals surface area contributed by atoms with Crippen LogP contribution in [0.5, 0.6) is 0 Å². The molecule has 0 aromatic carbocycles. The van der Waals surface area contributed by atoms with Crippen molar-refractivity contribution < 1.29 is 4.52 Å². The highest BCUT2D eigenvalue weighted by molar-refractivity contribution is 4.87. The summed E-state index contributed by atoms with van der Waals surface area (Å²) in [4.78, 5) is 6.73. The van der Waals surface area contributed by atoms with Crippen molar-refractivity contribution in [2.45, 2.75) is 39.3 Å². The predicted molar refractivity (Wildman–Crippen MR) is 61.0 cm³/mol. The molecule has 0 bridgehead atoms. The van der Waals surface area contributed by atoms with Crippen LogP contribution in [0.1, 0.15) is 32.0 Å². The van der Waals surface area contributed by atoms with Crippen molar-refractivity contribution in [1.29, 1.82) is 0 Å². The highest BCUT2D eigenvalue weighted by Crippen LogP contribution is 2.06. The number of nitrogens with zero attached hydrogens (tertiary/aromatic N) is 3. The molecular formula is C11H20N4O. The van der Waals surface area contributed by atoms with Gasteiger partial charge in [0.05, 0.1) is 6.54 Å². The van der Waals surface area contributed by atoms with E-state index in [0.29, 0.717) is 6.04 Å². The molecule has 16 heavy (non-hydrogen) atoms. The summed E-state index contributed by atoms with van der Waals surface area (Å²) in [5, 5.41) is 7.38. The number of aromatic nitrogens is 2. The van der Waals surface area contributed by atoms with E-state index >= 15 is 0 Å². The van der Waals surface area contributed by atoms with E-state index in [4.69, 9.17) is 4.52 Å². The van der Waals surface area contributed by atoms with E-state index in [0.717, 1.165) is 50.7 Å². The Morgan fingerprint density at radius 1 is 1.56 bits per heavy atom. The lowest BCUT2D eigenvalue weighted by molar-refractivity contribution is 0.177. The zero-order valence-electron chi connectivity index (χ0n) is 10.1. The average molecular weight is 224 g/mol. The fraction of sp³-hybridized carbons (Fsp3) is 0.818. The molecular weight excluding hydrogens is 204 g/mol. The fourth-order valence-corrected chi connectivity index (χ4v) is 2.03. The minimum Gasteiger partial charge on any atom is -0.338 e. The molecule has 1 saturated heterocycles. The quantitative estimate of drug-likeness (QED) is 0.820. The van der Waals surface area contributed by atoms with Crippen molar-refractivity contribution in [3.05, 3.63) is 11.7 Å². The van der Waals surface area contributed by atoms with Crippen molar-refractivity contribution in [2.24, 2.45) is 0 Å². The van der Waals surface area contributed by atoms with Crippen molar-refractivity contribution >= 4 is 0 Å². The normalized spacial score (nSPS) is 22.5. The first-order chi connectivity index (χ1) is 7.78. The smallest absolute Gasteiger partial charge is 0.240 e. The van der Waals surface area contributed by atoms with Crippen LogP contribution in [0.25, 0.3) is 0 Å². The molecule has 1 aliphatic heterocycles. The summed E-state index contributed by atoms with van der Waals surface area (Å²) in [6.45, 7) is 8.23. The number of nitrogens with one attached hydrogen (secondary N) is 1. The minimum absolute atomic E-state index is 0.548. The maximum absolute atomic E-state index is 5.23. The molecule has 0 amide bonds. The van der Waals surface area contributed by atoms with E-state index < -0.39 is 0 Å². The zero-order chi connectivity index (χ0) is 11.4. The zero-order valence-corrected chi connectivity index (χ0v) is 10.1. The summed E-state index contributed by atoms with van der Waals surface area (Å²) in [6.07, 6.45) is 1.96. The molecule has 1 N–H and O–H groups in total. The Bertz CT molecular complexity index is 326. The van der Waals surface area contributed by atoms with Crippen LogP contribution in [0.3, 0.4) is 0 Å². The first-order valence-electron chi connectivity index (χ1n) is 6.05. The van der Waals surface area contributed by atoms with Gasteiger partial charge in [-0.3, -0.25) is 4.90 Å². The lowest BCUT2D eigenvalue weighted by atomic mass is 10.2. The summed E-state index contributed by atoms with van der Waals surface area (Å²) < 4.78 is 5.23. The van der Waals surface area contributed by atoms with Crippen LogP contribution in [0.15, 0.2) is 4.52 Å². The van der Waals surface area contributed by atoms with Gasteiger partial charge < -0.3 is 9.84 Å². The van der Waals surface area contributed by atoms with Gasteiger partial charge in [-0.05, 0) is 13.3 Å². The molecule has 1 aromatic heterocycles. The highest BCUT2D eigenvalue weighted by Gasteiger charge is 2.17. The van der Waals surface area contributed by atoms with Crippen molar-refractivity contribution in [2.75, 3.05) is 19.6 Å². The van der Waals surface area contributed by atoms with Gasteiger partial charge in [0.2, 0.25) is 5.89 Å². The van der Waals surface area contributed by atoms with Crippen LogP contribution in [0, 0.1) is 0 Å². The van der Waals surface area contributed by atoms with Gasteiger partial charge in [0.1, 0.15) is 0 Å². The number of hydrogen-bond acceptors (Lipinski definition) is 5. The van der Waals surface area contributed by atoms with Gasteiger partial charge in [0.15, 0.2) is 5.82 Å². The largest absolute Gasteiger partial charge is 0.338 e. The van der Waals surface area contributed by atoms with E-state index in [1.165, 1.54) is 0 Å². The molecule has 1 atom stereocenters. The van der Waals surface area contributed by atoms with E-state index in [1.807, 2.05) is 0 Å². The van der Waals surface area contributed by atoms with Crippen molar-refractivity contribution in [3.63, 3.8) is 0 Å². The fourth-order valence-electron chi connectivity index (χ4n) is 2.03. The van der Waals surface area contributed by atoms with Crippen molar-refractivity contribution in [1.82, 2.24) is 20.4 Å². The van der Waals surface area contributed by atoms with Gasteiger partial charge in [-0.25, -0.2) is 0 Å². The number of aryl methyl sites for hydroxylation is 1. The van der Waals surface area contributed by atoms with Gasteiger partial charge in [0.25, 0.3) is 0 Å². The second kappa shape index (κ2) is 5.41. The molecule has 0 unspecified atom stereocenters. The number of rotatable bonds is 4. The summed E-state index contributed by atoms with van der Waals surface area (Å²) in [6, 6.07) is 0.548. The molecule has 5 heteroatoms. The Labute approximate surface area is 96.2 Å². The van der Waals surface area contributed by atoms with Crippen LogP contribution >= 0.6 is 0 Å².